The number of thioether (sulfide) groups is 1. The number of hydrogen-bond acceptors (Lipinski definition) is 9. The van der Waals surface area contributed by atoms with Gasteiger partial charge in [-0.2, -0.15) is 0 Å². The fraction of sp³-hybridized carbons (Fsp3) is 0.500. The molecule has 7 nitrogen and oxygen atoms in total. The van der Waals surface area contributed by atoms with Crippen molar-refractivity contribution in [1.82, 2.24) is 10.2 Å². The van der Waals surface area contributed by atoms with Crippen LogP contribution in [0.5, 0.6) is 0 Å². The maximum Gasteiger partial charge on any atom is 0.341 e. The molecule has 0 atom stereocenters. The predicted molar refractivity (Wildman–Crippen MR) is 106 cm³/mol. The van der Waals surface area contributed by atoms with Gasteiger partial charge in [0.25, 0.3) is 0 Å². The normalized spacial score (nSPS) is 13.5. The second-order valence-corrected chi connectivity index (χ2v) is 8.71. The van der Waals surface area contributed by atoms with Gasteiger partial charge in [-0.15, -0.1) is 21.5 Å². The standard InChI is InChI=1S/C16H20N4O3S3/c1-3-17-15-19-20-16(26-15)25-8-11(21)18-13-12(14(22)23-4-2)10(7-24-13)9-5-6-9/h7,9H,3-6,8H2,1-2H3,(H,17,19)(H,18,21). The highest BCUT2D eigenvalue weighted by atomic mass is 32.2. The van der Waals surface area contributed by atoms with Crippen LogP contribution in [0.3, 0.4) is 0 Å². The number of carbonyl (C=O) groups is 2. The maximum absolute atomic E-state index is 12.3. The lowest BCUT2D eigenvalue weighted by atomic mass is 10.1. The number of nitrogens with zero attached hydrogens (tertiary/aromatic N) is 2. The smallest absolute Gasteiger partial charge is 0.341 e. The Balaban J connectivity index is 1.62. The predicted octanol–water partition coefficient (Wildman–Crippen LogP) is 3.82. The Kier molecular flexibility index (Phi) is 6.49. The van der Waals surface area contributed by atoms with E-state index in [-0.39, 0.29) is 17.6 Å². The molecule has 2 aromatic rings. The molecule has 2 heterocycles. The molecule has 3 rings (SSSR count). The average molecular weight is 413 g/mol. The first-order chi connectivity index (χ1) is 12.6. The fourth-order valence-electron chi connectivity index (χ4n) is 2.35. The highest BCUT2D eigenvalue weighted by Crippen LogP contribution is 2.46. The summed E-state index contributed by atoms with van der Waals surface area (Å²) in [4.78, 5) is 24.6. The topological polar surface area (TPSA) is 93.2 Å². The third-order valence-corrected chi connectivity index (χ3v) is 6.56. The van der Waals surface area contributed by atoms with E-state index in [9.17, 15) is 9.59 Å². The zero-order valence-corrected chi connectivity index (χ0v) is 17.0. The first-order valence-electron chi connectivity index (χ1n) is 8.40. The molecular formula is C16H20N4O3S3. The third-order valence-electron chi connectivity index (χ3n) is 3.63. The van der Waals surface area contributed by atoms with Crippen molar-refractivity contribution in [3.8, 4) is 0 Å². The van der Waals surface area contributed by atoms with Crippen LogP contribution in [-0.2, 0) is 9.53 Å². The van der Waals surface area contributed by atoms with Crippen LogP contribution in [0.1, 0.15) is 48.5 Å². The van der Waals surface area contributed by atoms with Crippen LogP contribution in [0.2, 0.25) is 0 Å². The van der Waals surface area contributed by atoms with Crippen LogP contribution in [0.15, 0.2) is 9.72 Å². The van der Waals surface area contributed by atoms with Gasteiger partial charge in [-0.1, -0.05) is 23.1 Å². The average Bonchev–Trinajstić information content (AvgIpc) is 3.22. The molecule has 10 heteroatoms. The van der Waals surface area contributed by atoms with Gasteiger partial charge in [-0.25, -0.2) is 4.79 Å². The van der Waals surface area contributed by atoms with E-state index in [1.54, 1.807) is 6.92 Å². The van der Waals surface area contributed by atoms with Gasteiger partial charge >= 0.3 is 5.97 Å². The largest absolute Gasteiger partial charge is 0.462 e. The molecule has 1 fully saturated rings. The molecule has 140 valence electrons. The van der Waals surface area contributed by atoms with Gasteiger partial charge < -0.3 is 15.4 Å². The lowest BCUT2D eigenvalue weighted by Gasteiger charge is -2.07. The lowest BCUT2D eigenvalue weighted by Crippen LogP contribution is -2.16. The molecule has 0 spiro atoms. The van der Waals surface area contributed by atoms with Crippen LogP contribution < -0.4 is 10.6 Å². The van der Waals surface area contributed by atoms with Crippen molar-refractivity contribution in [3.63, 3.8) is 0 Å². The second-order valence-electron chi connectivity index (χ2n) is 5.63. The van der Waals surface area contributed by atoms with Crippen molar-refractivity contribution in [1.29, 1.82) is 0 Å². The van der Waals surface area contributed by atoms with E-state index in [1.807, 2.05) is 12.3 Å². The molecule has 1 aliphatic rings. The number of aromatic nitrogens is 2. The molecule has 2 N–H and O–H groups in total. The Morgan fingerprint density at radius 2 is 2.15 bits per heavy atom. The molecule has 0 aliphatic heterocycles. The fourth-order valence-corrected chi connectivity index (χ4v) is 5.02. The number of ether oxygens (including phenoxy) is 1. The molecule has 1 saturated carbocycles. The third kappa shape index (κ3) is 4.74. The lowest BCUT2D eigenvalue weighted by molar-refractivity contribution is -0.113. The van der Waals surface area contributed by atoms with Crippen LogP contribution in [0, 0.1) is 0 Å². The van der Waals surface area contributed by atoms with E-state index < -0.39 is 0 Å². The minimum Gasteiger partial charge on any atom is -0.462 e. The quantitative estimate of drug-likeness (QED) is 0.478. The number of nitrogens with one attached hydrogen (secondary N) is 2. The Morgan fingerprint density at radius 1 is 1.35 bits per heavy atom. The van der Waals surface area contributed by atoms with Gasteiger partial charge in [-0.3, -0.25) is 4.79 Å². The van der Waals surface area contributed by atoms with Gasteiger partial charge in [0.15, 0.2) is 4.34 Å². The van der Waals surface area contributed by atoms with Gasteiger partial charge in [0.2, 0.25) is 11.0 Å². The Morgan fingerprint density at radius 3 is 2.85 bits per heavy atom. The van der Waals surface area contributed by atoms with E-state index in [0.29, 0.717) is 23.1 Å². The van der Waals surface area contributed by atoms with Crippen molar-refractivity contribution in [2.75, 3.05) is 29.5 Å². The number of amides is 1. The van der Waals surface area contributed by atoms with Gasteiger partial charge in [0.1, 0.15) is 5.00 Å². The first-order valence-corrected chi connectivity index (χ1v) is 11.1. The summed E-state index contributed by atoms with van der Waals surface area (Å²) in [5, 5.41) is 17.3. The minimum absolute atomic E-state index is 0.176. The second kappa shape index (κ2) is 8.83. The summed E-state index contributed by atoms with van der Waals surface area (Å²) >= 11 is 4.12. The molecule has 2 aromatic heterocycles. The van der Waals surface area contributed by atoms with Crippen LogP contribution in [0.4, 0.5) is 10.1 Å². The molecule has 0 bridgehead atoms. The highest BCUT2D eigenvalue weighted by Gasteiger charge is 2.32. The minimum atomic E-state index is -0.363. The Bertz CT molecular complexity index is 786. The van der Waals surface area contributed by atoms with Crippen LogP contribution in [0.25, 0.3) is 0 Å². The van der Waals surface area contributed by atoms with E-state index in [2.05, 4.69) is 20.8 Å². The maximum atomic E-state index is 12.3. The summed E-state index contributed by atoms with van der Waals surface area (Å²) < 4.78 is 5.90. The number of carbonyl (C=O) groups excluding carboxylic acids is 2. The van der Waals surface area contributed by atoms with E-state index in [4.69, 9.17) is 4.74 Å². The number of hydrogen-bond donors (Lipinski definition) is 2. The summed E-state index contributed by atoms with van der Waals surface area (Å²) in [6.45, 7) is 4.85. The number of rotatable bonds is 9. The van der Waals surface area contributed by atoms with E-state index in [1.165, 1.54) is 34.4 Å². The van der Waals surface area contributed by atoms with E-state index in [0.717, 1.165) is 34.4 Å². The molecule has 0 aromatic carbocycles. The monoisotopic (exact) mass is 412 g/mol. The SMILES string of the molecule is CCNc1nnc(SCC(=O)Nc2scc(C3CC3)c2C(=O)OCC)s1. The molecule has 1 amide bonds. The van der Waals surface area contributed by atoms with Crippen molar-refractivity contribution in [3.05, 3.63) is 16.5 Å². The molecule has 26 heavy (non-hydrogen) atoms. The Hall–Kier alpha value is -1.65. The van der Waals surface area contributed by atoms with Crippen molar-refractivity contribution in [2.45, 2.75) is 36.9 Å². The Labute approximate surface area is 163 Å². The summed E-state index contributed by atoms with van der Waals surface area (Å²) in [5.74, 6) is 0.0826. The van der Waals surface area contributed by atoms with Crippen molar-refractivity contribution in [2.24, 2.45) is 0 Å². The molecular weight excluding hydrogens is 392 g/mol. The number of esters is 1. The molecule has 0 saturated heterocycles. The summed E-state index contributed by atoms with van der Waals surface area (Å²) in [6.07, 6.45) is 2.16. The molecule has 0 unspecified atom stereocenters. The number of anilines is 2. The summed E-state index contributed by atoms with van der Waals surface area (Å²) in [5.41, 5.74) is 1.51. The van der Waals surface area contributed by atoms with E-state index >= 15 is 0 Å². The van der Waals surface area contributed by atoms with Gasteiger partial charge in [-0.05, 0) is 43.6 Å². The zero-order chi connectivity index (χ0) is 18.5. The number of thiophene rings is 1. The summed E-state index contributed by atoms with van der Waals surface area (Å²) in [6, 6.07) is 0. The first kappa shape index (κ1) is 19.1. The van der Waals surface area contributed by atoms with Crippen molar-refractivity contribution < 1.29 is 14.3 Å². The molecule has 1 aliphatic carbocycles. The molecule has 0 radical (unpaired) electrons. The zero-order valence-electron chi connectivity index (χ0n) is 14.5. The van der Waals surface area contributed by atoms with Gasteiger partial charge in [0, 0.05) is 6.54 Å². The van der Waals surface area contributed by atoms with Crippen LogP contribution in [-0.4, -0.2) is 41.0 Å². The van der Waals surface area contributed by atoms with Crippen LogP contribution >= 0.6 is 34.4 Å². The summed E-state index contributed by atoms with van der Waals surface area (Å²) in [7, 11) is 0. The van der Waals surface area contributed by atoms with Gasteiger partial charge in [0.05, 0.1) is 17.9 Å². The van der Waals surface area contributed by atoms with Crippen molar-refractivity contribution >= 4 is 56.4 Å². The highest BCUT2D eigenvalue weighted by molar-refractivity contribution is 8.01.